The molecule has 0 unspecified atom stereocenters. The van der Waals surface area contributed by atoms with E-state index < -0.39 is 0 Å². The molecule has 1 N–H and O–H groups in total. The predicted molar refractivity (Wildman–Crippen MR) is 80.1 cm³/mol. The van der Waals surface area contributed by atoms with E-state index in [4.69, 9.17) is 4.52 Å². The Morgan fingerprint density at radius 2 is 2.20 bits per heavy atom. The topological polar surface area (TPSA) is 55.1 Å². The second kappa shape index (κ2) is 7.14. The maximum absolute atomic E-state index is 12.1. The highest BCUT2D eigenvalue weighted by atomic mass is 32.2. The first-order valence-electron chi connectivity index (χ1n) is 6.54. The first kappa shape index (κ1) is 14.7. The van der Waals surface area contributed by atoms with Crippen LogP contribution in [0.4, 0.5) is 0 Å². The average molecular weight is 290 g/mol. The number of carbonyl (C=O) groups excluding carboxylic acids is 1. The molecule has 1 aromatic heterocycles. The van der Waals surface area contributed by atoms with Crippen molar-refractivity contribution in [2.45, 2.75) is 24.7 Å². The largest absolute Gasteiger partial charge is 0.361 e. The lowest BCUT2D eigenvalue weighted by molar-refractivity contribution is 0.0950. The lowest BCUT2D eigenvalue weighted by atomic mass is 10.2. The van der Waals surface area contributed by atoms with Gasteiger partial charge < -0.3 is 9.84 Å². The highest BCUT2D eigenvalue weighted by Crippen LogP contribution is 2.19. The van der Waals surface area contributed by atoms with Gasteiger partial charge in [-0.3, -0.25) is 4.79 Å². The molecule has 1 heterocycles. The molecule has 4 nitrogen and oxygen atoms in total. The zero-order chi connectivity index (χ0) is 14.4. The van der Waals surface area contributed by atoms with Crippen LogP contribution in [0.3, 0.4) is 0 Å². The van der Waals surface area contributed by atoms with Gasteiger partial charge in [0, 0.05) is 23.9 Å². The van der Waals surface area contributed by atoms with Crippen LogP contribution < -0.4 is 5.32 Å². The van der Waals surface area contributed by atoms with Crippen molar-refractivity contribution in [1.29, 1.82) is 0 Å². The highest BCUT2D eigenvalue weighted by Gasteiger charge is 2.09. The van der Waals surface area contributed by atoms with Gasteiger partial charge in [0.15, 0.2) is 0 Å². The zero-order valence-electron chi connectivity index (χ0n) is 11.7. The summed E-state index contributed by atoms with van der Waals surface area (Å²) in [6.45, 7) is 2.52. The average Bonchev–Trinajstić information content (AvgIpc) is 2.89. The Morgan fingerprint density at radius 3 is 2.90 bits per heavy atom. The second-order valence-corrected chi connectivity index (χ2v) is 5.34. The molecule has 0 atom stereocenters. The smallest absolute Gasteiger partial charge is 0.252 e. The van der Waals surface area contributed by atoms with Gasteiger partial charge in [0.2, 0.25) is 0 Å². The number of hydrogen-bond acceptors (Lipinski definition) is 4. The molecular formula is C15H18N2O2S. The highest BCUT2D eigenvalue weighted by molar-refractivity contribution is 7.98. The number of benzene rings is 1. The maximum Gasteiger partial charge on any atom is 0.252 e. The Bertz CT molecular complexity index is 581. The molecule has 1 aromatic carbocycles. The number of thioether (sulfide) groups is 1. The molecule has 0 radical (unpaired) electrons. The summed E-state index contributed by atoms with van der Waals surface area (Å²) in [4.78, 5) is 13.1. The van der Waals surface area contributed by atoms with E-state index in [2.05, 4.69) is 10.5 Å². The lowest BCUT2D eigenvalue weighted by Crippen LogP contribution is -2.25. The van der Waals surface area contributed by atoms with Crippen LogP contribution in [-0.2, 0) is 6.42 Å². The Hall–Kier alpha value is -1.75. The minimum absolute atomic E-state index is 0.0244. The fourth-order valence-electron chi connectivity index (χ4n) is 1.93. The number of aryl methyl sites for hydroxylation is 2. The number of hydrogen-bond donors (Lipinski definition) is 1. The third kappa shape index (κ3) is 3.87. The van der Waals surface area contributed by atoms with Crippen LogP contribution in [0.2, 0.25) is 0 Å². The molecule has 0 aliphatic carbocycles. The fraction of sp³-hybridized carbons (Fsp3) is 0.333. The molecule has 20 heavy (non-hydrogen) atoms. The third-order valence-electron chi connectivity index (χ3n) is 2.91. The van der Waals surface area contributed by atoms with Crippen LogP contribution in [0.15, 0.2) is 39.8 Å². The van der Waals surface area contributed by atoms with Crippen molar-refractivity contribution in [2.75, 3.05) is 12.8 Å². The van der Waals surface area contributed by atoms with Gasteiger partial charge in [-0.25, -0.2) is 0 Å². The fourth-order valence-corrected chi connectivity index (χ4v) is 2.52. The van der Waals surface area contributed by atoms with Crippen molar-refractivity contribution in [2.24, 2.45) is 0 Å². The number of carbonyl (C=O) groups is 1. The van der Waals surface area contributed by atoms with Crippen LogP contribution in [0, 0.1) is 6.92 Å². The van der Waals surface area contributed by atoms with Crippen molar-refractivity contribution < 1.29 is 9.32 Å². The predicted octanol–water partition coefficient (Wildman–Crippen LogP) is 3.07. The number of aromatic nitrogens is 1. The molecule has 2 aromatic rings. The Morgan fingerprint density at radius 1 is 1.40 bits per heavy atom. The molecule has 0 saturated carbocycles. The Labute approximate surface area is 122 Å². The van der Waals surface area contributed by atoms with E-state index in [-0.39, 0.29) is 5.91 Å². The van der Waals surface area contributed by atoms with Crippen LogP contribution >= 0.6 is 11.8 Å². The van der Waals surface area contributed by atoms with E-state index >= 15 is 0 Å². The van der Waals surface area contributed by atoms with Crippen molar-refractivity contribution in [3.05, 3.63) is 47.3 Å². The number of nitrogens with zero attached hydrogens (tertiary/aromatic N) is 1. The summed E-state index contributed by atoms with van der Waals surface area (Å²) in [6.07, 6.45) is 3.59. The van der Waals surface area contributed by atoms with E-state index in [1.165, 1.54) is 0 Å². The zero-order valence-corrected chi connectivity index (χ0v) is 12.5. The normalized spacial score (nSPS) is 10.5. The summed E-state index contributed by atoms with van der Waals surface area (Å²) in [5.74, 6) is 0.838. The monoisotopic (exact) mass is 290 g/mol. The summed E-state index contributed by atoms with van der Waals surface area (Å²) in [5.41, 5.74) is 1.62. The van der Waals surface area contributed by atoms with Gasteiger partial charge in [0.1, 0.15) is 5.76 Å². The molecule has 0 bridgehead atoms. The summed E-state index contributed by atoms with van der Waals surface area (Å²) >= 11 is 1.58. The molecule has 2 rings (SSSR count). The van der Waals surface area contributed by atoms with Crippen LogP contribution in [-0.4, -0.2) is 23.9 Å². The maximum atomic E-state index is 12.1. The molecular weight excluding hydrogens is 272 g/mol. The van der Waals surface area contributed by atoms with Crippen LogP contribution in [0.5, 0.6) is 0 Å². The van der Waals surface area contributed by atoms with E-state index in [1.807, 2.05) is 43.5 Å². The van der Waals surface area contributed by atoms with Gasteiger partial charge in [0.25, 0.3) is 5.91 Å². The quantitative estimate of drug-likeness (QED) is 0.656. The van der Waals surface area contributed by atoms with Crippen molar-refractivity contribution in [3.8, 4) is 0 Å². The molecule has 0 saturated heterocycles. The Kier molecular flexibility index (Phi) is 5.24. The summed E-state index contributed by atoms with van der Waals surface area (Å²) < 4.78 is 5.13. The molecule has 106 valence electrons. The molecule has 0 spiro atoms. The Balaban J connectivity index is 1.80. The van der Waals surface area contributed by atoms with E-state index in [9.17, 15) is 4.79 Å². The van der Waals surface area contributed by atoms with Crippen molar-refractivity contribution in [1.82, 2.24) is 10.5 Å². The minimum Gasteiger partial charge on any atom is -0.361 e. The van der Waals surface area contributed by atoms with Gasteiger partial charge in [0.05, 0.1) is 11.3 Å². The SMILES string of the molecule is CSc1ccccc1C(=O)NCCCc1cc(C)no1. The third-order valence-corrected chi connectivity index (χ3v) is 3.71. The van der Waals surface area contributed by atoms with Crippen LogP contribution in [0.25, 0.3) is 0 Å². The number of nitrogens with one attached hydrogen (secondary N) is 1. The van der Waals surface area contributed by atoms with E-state index in [0.717, 1.165) is 34.8 Å². The van der Waals surface area contributed by atoms with Gasteiger partial charge in [-0.05, 0) is 31.7 Å². The molecule has 0 aliphatic heterocycles. The summed E-state index contributed by atoms with van der Waals surface area (Å²) in [7, 11) is 0. The lowest BCUT2D eigenvalue weighted by Gasteiger charge is -2.07. The van der Waals surface area contributed by atoms with Gasteiger partial charge in [-0.15, -0.1) is 11.8 Å². The molecule has 1 amide bonds. The van der Waals surface area contributed by atoms with Crippen LogP contribution in [0.1, 0.15) is 28.2 Å². The van der Waals surface area contributed by atoms with Gasteiger partial charge >= 0.3 is 0 Å². The molecule has 5 heteroatoms. The number of amides is 1. The molecule has 0 aliphatic rings. The minimum atomic E-state index is -0.0244. The standard InChI is InChI=1S/C15H18N2O2S/c1-11-10-12(19-17-11)6-5-9-16-15(18)13-7-3-4-8-14(13)20-2/h3-4,7-8,10H,5-6,9H2,1-2H3,(H,16,18). The first-order chi connectivity index (χ1) is 9.70. The van der Waals surface area contributed by atoms with Crippen molar-refractivity contribution in [3.63, 3.8) is 0 Å². The van der Waals surface area contributed by atoms with Gasteiger partial charge in [-0.1, -0.05) is 17.3 Å². The number of rotatable bonds is 6. The first-order valence-corrected chi connectivity index (χ1v) is 7.76. The van der Waals surface area contributed by atoms with Crippen molar-refractivity contribution >= 4 is 17.7 Å². The molecule has 0 fully saturated rings. The van der Waals surface area contributed by atoms with Gasteiger partial charge in [-0.2, -0.15) is 0 Å². The summed E-state index contributed by atoms with van der Waals surface area (Å²) in [5, 5.41) is 6.77. The summed E-state index contributed by atoms with van der Waals surface area (Å²) in [6, 6.07) is 9.55. The van der Waals surface area contributed by atoms with E-state index in [0.29, 0.717) is 6.54 Å². The second-order valence-electron chi connectivity index (χ2n) is 4.49. The van der Waals surface area contributed by atoms with E-state index in [1.54, 1.807) is 11.8 Å².